The molecular formula is C23H33N3O3S2. The van der Waals surface area contributed by atoms with E-state index < -0.39 is 0 Å². The second kappa shape index (κ2) is 10.0. The zero-order chi connectivity index (χ0) is 22.0. The second-order valence-corrected chi connectivity index (χ2v) is 11.0. The lowest BCUT2D eigenvalue weighted by Gasteiger charge is -2.34. The Kier molecular flexibility index (Phi) is 7.39. The Balaban J connectivity index is 1.54. The number of carbonyl (C=O) groups excluding carboxylic acids is 1. The number of amides is 1. The van der Waals surface area contributed by atoms with Gasteiger partial charge in [0.25, 0.3) is 5.56 Å². The molecule has 0 radical (unpaired) electrons. The molecule has 2 aromatic rings. The molecular weight excluding hydrogens is 430 g/mol. The Hall–Kier alpha value is -1.38. The van der Waals surface area contributed by atoms with Crippen LogP contribution in [0.25, 0.3) is 10.2 Å². The highest BCUT2D eigenvalue weighted by atomic mass is 32.2. The Morgan fingerprint density at radius 3 is 2.87 bits per heavy atom. The summed E-state index contributed by atoms with van der Waals surface area (Å²) in [5.41, 5.74) is 1.21. The van der Waals surface area contributed by atoms with Crippen molar-refractivity contribution in [3.63, 3.8) is 0 Å². The first-order chi connectivity index (χ1) is 15.0. The molecule has 0 spiro atoms. The summed E-state index contributed by atoms with van der Waals surface area (Å²) in [6.07, 6.45) is 7.76. The van der Waals surface area contributed by atoms with E-state index in [0.29, 0.717) is 30.1 Å². The average Bonchev–Trinajstić information content (AvgIpc) is 3.13. The third-order valence-electron chi connectivity index (χ3n) is 6.94. The number of methoxy groups -OCH3 is 1. The van der Waals surface area contributed by atoms with E-state index in [2.05, 4.69) is 19.2 Å². The Bertz CT molecular complexity index is 1000. The number of carbonyl (C=O) groups is 1. The van der Waals surface area contributed by atoms with Crippen molar-refractivity contribution in [1.82, 2.24) is 14.9 Å². The molecule has 0 bridgehead atoms. The fraction of sp³-hybridized carbons (Fsp3) is 0.696. The monoisotopic (exact) mass is 463 g/mol. The van der Waals surface area contributed by atoms with E-state index in [1.54, 1.807) is 23.0 Å². The predicted octanol–water partition coefficient (Wildman–Crippen LogP) is 4.02. The third-order valence-corrected chi connectivity index (χ3v) is 9.11. The Morgan fingerprint density at radius 2 is 2.06 bits per heavy atom. The first-order valence-electron chi connectivity index (χ1n) is 11.5. The summed E-state index contributed by atoms with van der Waals surface area (Å²) in [7, 11) is 1.63. The fourth-order valence-corrected chi connectivity index (χ4v) is 7.01. The van der Waals surface area contributed by atoms with Crippen LogP contribution >= 0.6 is 23.1 Å². The number of fused-ring (bicyclic) bond motifs is 3. The number of aryl methyl sites for hydroxylation is 2. The highest BCUT2D eigenvalue weighted by Crippen LogP contribution is 2.35. The lowest BCUT2D eigenvalue weighted by molar-refractivity contribution is -0.120. The predicted molar refractivity (Wildman–Crippen MR) is 127 cm³/mol. The van der Waals surface area contributed by atoms with E-state index in [9.17, 15) is 9.59 Å². The van der Waals surface area contributed by atoms with E-state index in [1.165, 1.54) is 41.5 Å². The molecule has 2 heterocycles. The van der Waals surface area contributed by atoms with Gasteiger partial charge in [0.05, 0.1) is 24.3 Å². The maximum absolute atomic E-state index is 13.4. The summed E-state index contributed by atoms with van der Waals surface area (Å²) in [5.74, 6) is 1.43. The quantitative estimate of drug-likeness (QED) is 0.496. The molecule has 170 valence electrons. The normalized spacial score (nSPS) is 23.6. The minimum atomic E-state index is 0.0130. The van der Waals surface area contributed by atoms with Gasteiger partial charge >= 0.3 is 0 Å². The first-order valence-corrected chi connectivity index (χ1v) is 13.3. The topological polar surface area (TPSA) is 73.2 Å². The molecule has 3 atom stereocenters. The van der Waals surface area contributed by atoms with Gasteiger partial charge in [0.15, 0.2) is 5.16 Å². The van der Waals surface area contributed by atoms with Crippen molar-refractivity contribution < 1.29 is 9.53 Å². The molecule has 0 aliphatic heterocycles. The Morgan fingerprint density at radius 1 is 1.26 bits per heavy atom. The SMILES string of the molecule is COCCn1c(SCC(=O)N[C@@H]2CCC[C@H](C)[C@H]2C)nc2sc3c(c2c1=O)CCCC3. The molecule has 6 nitrogen and oxygen atoms in total. The van der Waals surface area contributed by atoms with Crippen LogP contribution < -0.4 is 10.9 Å². The summed E-state index contributed by atoms with van der Waals surface area (Å²) in [4.78, 5) is 33.1. The van der Waals surface area contributed by atoms with Crippen LogP contribution in [0.15, 0.2) is 9.95 Å². The van der Waals surface area contributed by atoms with Crippen molar-refractivity contribution in [2.75, 3.05) is 19.5 Å². The summed E-state index contributed by atoms with van der Waals surface area (Å²) in [6, 6.07) is 0.243. The van der Waals surface area contributed by atoms with Gasteiger partial charge in [-0.25, -0.2) is 4.98 Å². The van der Waals surface area contributed by atoms with Gasteiger partial charge in [-0.1, -0.05) is 38.5 Å². The number of ether oxygens (including phenoxy) is 1. The van der Waals surface area contributed by atoms with Crippen LogP contribution in [0.1, 0.15) is 56.4 Å². The molecule has 2 aliphatic rings. The van der Waals surface area contributed by atoms with E-state index in [1.807, 2.05) is 0 Å². The van der Waals surface area contributed by atoms with E-state index >= 15 is 0 Å². The number of rotatable bonds is 7. The molecule has 1 N–H and O–H groups in total. The van der Waals surface area contributed by atoms with Crippen LogP contribution in [-0.4, -0.2) is 41.0 Å². The van der Waals surface area contributed by atoms with E-state index in [4.69, 9.17) is 9.72 Å². The zero-order valence-electron chi connectivity index (χ0n) is 18.7. The van der Waals surface area contributed by atoms with E-state index in [-0.39, 0.29) is 23.3 Å². The number of thiophene rings is 1. The van der Waals surface area contributed by atoms with Crippen LogP contribution in [-0.2, 0) is 28.9 Å². The lowest BCUT2D eigenvalue weighted by atomic mass is 9.78. The van der Waals surface area contributed by atoms with Crippen molar-refractivity contribution >= 4 is 39.2 Å². The smallest absolute Gasteiger partial charge is 0.263 e. The van der Waals surface area contributed by atoms with Crippen LogP contribution in [0.4, 0.5) is 0 Å². The van der Waals surface area contributed by atoms with E-state index in [0.717, 1.165) is 35.9 Å². The molecule has 1 saturated carbocycles. The maximum Gasteiger partial charge on any atom is 0.263 e. The molecule has 0 aromatic carbocycles. The van der Waals surface area contributed by atoms with Crippen LogP contribution in [0.3, 0.4) is 0 Å². The van der Waals surface area contributed by atoms with Gasteiger partial charge < -0.3 is 10.1 Å². The van der Waals surface area contributed by atoms with Crippen LogP contribution in [0.5, 0.6) is 0 Å². The van der Waals surface area contributed by atoms with Gasteiger partial charge in [-0.3, -0.25) is 14.2 Å². The molecule has 1 fully saturated rings. The second-order valence-electron chi connectivity index (χ2n) is 8.97. The third kappa shape index (κ3) is 4.86. The molecule has 2 aliphatic carbocycles. The maximum atomic E-state index is 13.4. The van der Waals surface area contributed by atoms with Crippen LogP contribution in [0, 0.1) is 11.8 Å². The van der Waals surface area contributed by atoms with Crippen molar-refractivity contribution in [2.24, 2.45) is 11.8 Å². The van der Waals surface area contributed by atoms with Crippen molar-refractivity contribution in [3.05, 3.63) is 20.8 Å². The summed E-state index contributed by atoms with van der Waals surface area (Å²) < 4.78 is 6.94. The lowest BCUT2D eigenvalue weighted by Crippen LogP contribution is -2.44. The number of hydrogen-bond acceptors (Lipinski definition) is 6. The highest BCUT2D eigenvalue weighted by molar-refractivity contribution is 7.99. The van der Waals surface area contributed by atoms with Crippen molar-refractivity contribution in [1.29, 1.82) is 0 Å². The van der Waals surface area contributed by atoms with Gasteiger partial charge in [-0.05, 0) is 49.5 Å². The van der Waals surface area contributed by atoms with Crippen molar-refractivity contribution in [2.45, 2.75) is 76.5 Å². The summed E-state index contributed by atoms with van der Waals surface area (Å²) >= 11 is 3.02. The number of nitrogens with zero attached hydrogens (tertiary/aromatic N) is 2. The largest absolute Gasteiger partial charge is 0.383 e. The highest BCUT2D eigenvalue weighted by Gasteiger charge is 2.28. The molecule has 2 aromatic heterocycles. The minimum Gasteiger partial charge on any atom is -0.383 e. The number of hydrogen-bond donors (Lipinski definition) is 1. The van der Waals surface area contributed by atoms with Gasteiger partial charge in [0, 0.05) is 18.0 Å². The summed E-state index contributed by atoms with van der Waals surface area (Å²) in [6.45, 7) is 5.39. The molecule has 0 saturated heterocycles. The summed E-state index contributed by atoms with van der Waals surface area (Å²) in [5, 5.41) is 4.63. The standard InChI is InChI=1S/C23H33N3O3S2/c1-14-7-6-9-17(15(14)2)24-19(27)13-30-23-25-21-20(22(28)26(23)11-12-29-3)16-8-4-5-10-18(16)31-21/h14-15,17H,4-13H2,1-3H3,(H,24,27)/t14-,15+,17+/m0/s1. The Labute approximate surface area is 192 Å². The number of nitrogens with one attached hydrogen (secondary N) is 1. The van der Waals surface area contributed by atoms with Gasteiger partial charge in [0.1, 0.15) is 4.83 Å². The van der Waals surface area contributed by atoms with Gasteiger partial charge in [-0.15, -0.1) is 11.3 Å². The number of thioether (sulfide) groups is 1. The molecule has 0 unspecified atom stereocenters. The minimum absolute atomic E-state index is 0.0130. The van der Waals surface area contributed by atoms with Crippen LogP contribution in [0.2, 0.25) is 0 Å². The average molecular weight is 464 g/mol. The van der Waals surface area contributed by atoms with Crippen molar-refractivity contribution in [3.8, 4) is 0 Å². The fourth-order valence-electron chi connectivity index (χ4n) is 4.87. The molecule has 8 heteroatoms. The molecule has 31 heavy (non-hydrogen) atoms. The van der Waals surface area contributed by atoms with Gasteiger partial charge in [-0.2, -0.15) is 0 Å². The molecule has 1 amide bonds. The zero-order valence-corrected chi connectivity index (χ0v) is 20.4. The number of aromatic nitrogens is 2. The first kappa shape index (κ1) is 22.8. The van der Waals surface area contributed by atoms with Gasteiger partial charge in [0.2, 0.25) is 5.91 Å². The molecule has 4 rings (SSSR count).